The number of amides is 1. The summed E-state index contributed by atoms with van der Waals surface area (Å²) in [5, 5.41) is 0.667. The van der Waals surface area contributed by atoms with Crippen molar-refractivity contribution in [3.05, 3.63) is 63.0 Å². The maximum atomic E-state index is 13.1. The Balaban J connectivity index is 1.65. The van der Waals surface area contributed by atoms with Crippen LogP contribution in [0.4, 0.5) is 0 Å². The zero-order valence-corrected chi connectivity index (χ0v) is 18.7. The molecule has 32 heavy (non-hydrogen) atoms. The quantitative estimate of drug-likeness (QED) is 0.412. The van der Waals surface area contributed by atoms with Gasteiger partial charge < -0.3 is 18.8 Å². The van der Waals surface area contributed by atoms with Gasteiger partial charge in [-0.2, -0.15) is 0 Å². The second-order valence-corrected chi connectivity index (χ2v) is 8.08. The van der Waals surface area contributed by atoms with Gasteiger partial charge in [0, 0.05) is 25.1 Å². The van der Waals surface area contributed by atoms with Crippen molar-refractivity contribution in [3.8, 4) is 17.2 Å². The number of esters is 1. The molecule has 1 amide bonds. The van der Waals surface area contributed by atoms with Crippen LogP contribution in [0, 0.1) is 19.8 Å². The van der Waals surface area contributed by atoms with E-state index < -0.39 is 11.9 Å². The summed E-state index contributed by atoms with van der Waals surface area (Å²) in [6.45, 7) is 6.10. The van der Waals surface area contributed by atoms with Crippen LogP contribution in [0.1, 0.15) is 24.7 Å². The van der Waals surface area contributed by atoms with Gasteiger partial charge >= 0.3 is 5.97 Å². The Labute approximate surface area is 189 Å². The predicted molar refractivity (Wildman–Crippen MR) is 119 cm³/mol. The molecule has 7 nitrogen and oxygen atoms in total. The van der Waals surface area contributed by atoms with Crippen LogP contribution >= 0.6 is 11.6 Å². The van der Waals surface area contributed by atoms with E-state index in [1.165, 1.54) is 6.07 Å². The van der Waals surface area contributed by atoms with Crippen molar-refractivity contribution in [2.75, 3.05) is 13.1 Å². The second-order valence-electron chi connectivity index (χ2n) is 7.67. The summed E-state index contributed by atoms with van der Waals surface area (Å²) in [4.78, 5) is 39.2. The van der Waals surface area contributed by atoms with Gasteiger partial charge in [-0.25, -0.2) is 0 Å². The van der Waals surface area contributed by atoms with Crippen molar-refractivity contribution in [2.45, 2.75) is 27.2 Å². The lowest BCUT2D eigenvalue weighted by atomic mass is 10.1. The average Bonchev–Trinajstić information content (AvgIpc) is 3.15. The molecule has 0 saturated carbocycles. The highest BCUT2D eigenvalue weighted by Crippen LogP contribution is 2.33. The van der Waals surface area contributed by atoms with Crippen LogP contribution in [0.15, 0.2) is 45.6 Å². The Morgan fingerprint density at radius 3 is 2.59 bits per heavy atom. The van der Waals surface area contributed by atoms with Crippen LogP contribution in [-0.4, -0.2) is 29.9 Å². The van der Waals surface area contributed by atoms with E-state index in [4.69, 9.17) is 25.5 Å². The lowest BCUT2D eigenvalue weighted by Crippen LogP contribution is -2.27. The normalized spacial score (nSPS) is 15.9. The highest BCUT2D eigenvalue weighted by Gasteiger charge is 2.35. The molecule has 3 aromatic rings. The number of nitrogens with zero attached hydrogens (tertiary/aromatic N) is 1. The number of fused-ring (bicyclic) bond motifs is 1. The third kappa shape index (κ3) is 3.96. The molecule has 1 unspecified atom stereocenters. The standard InChI is InChI=1S/C24H22ClNO6/c1-4-26-12-15(11-20(26)27)24(29)32-18-10-9-16-21(28)23(14(3)30-22(16)13(18)2)31-19-8-6-5-7-17(19)25/h5-10,15H,4,11-12H2,1-3H3. The molecular weight excluding hydrogens is 434 g/mol. The van der Waals surface area contributed by atoms with Crippen LogP contribution in [0.2, 0.25) is 5.02 Å². The molecule has 2 aromatic carbocycles. The van der Waals surface area contributed by atoms with Crippen molar-refractivity contribution in [3.63, 3.8) is 0 Å². The van der Waals surface area contributed by atoms with Gasteiger partial charge in [0.15, 0.2) is 0 Å². The second kappa shape index (κ2) is 8.67. The Morgan fingerprint density at radius 1 is 1.16 bits per heavy atom. The molecule has 4 rings (SSSR count). The Hall–Kier alpha value is -3.32. The number of aryl methyl sites for hydroxylation is 2. The van der Waals surface area contributed by atoms with E-state index in [9.17, 15) is 14.4 Å². The fraction of sp³-hybridized carbons (Fsp3) is 0.292. The van der Waals surface area contributed by atoms with Crippen molar-refractivity contribution >= 4 is 34.4 Å². The zero-order chi connectivity index (χ0) is 23.0. The minimum absolute atomic E-state index is 0.0406. The Bertz CT molecular complexity index is 1280. The molecule has 1 aliphatic heterocycles. The summed E-state index contributed by atoms with van der Waals surface area (Å²) in [5.74, 6) is -0.108. The molecule has 0 N–H and O–H groups in total. The SMILES string of the molecule is CCN1CC(C(=O)Oc2ccc3c(=O)c(Oc4ccccc4Cl)c(C)oc3c2C)CC1=O. The molecule has 1 aromatic heterocycles. The first kappa shape index (κ1) is 21.9. The minimum atomic E-state index is -0.516. The maximum Gasteiger partial charge on any atom is 0.316 e. The highest BCUT2D eigenvalue weighted by molar-refractivity contribution is 6.32. The largest absolute Gasteiger partial charge is 0.457 e. The maximum absolute atomic E-state index is 13.1. The molecular formula is C24H22ClNO6. The van der Waals surface area contributed by atoms with Gasteiger partial charge in [0.1, 0.15) is 22.8 Å². The number of rotatable bonds is 5. The van der Waals surface area contributed by atoms with Crippen LogP contribution in [-0.2, 0) is 9.59 Å². The molecule has 0 bridgehead atoms. The van der Waals surface area contributed by atoms with E-state index in [0.29, 0.717) is 40.4 Å². The first-order valence-electron chi connectivity index (χ1n) is 10.3. The van der Waals surface area contributed by atoms with Crippen LogP contribution in [0.3, 0.4) is 0 Å². The van der Waals surface area contributed by atoms with Gasteiger partial charge in [-0.15, -0.1) is 0 Å². The molecule has 0 radical (unpaired) electrons. The average molecular weight is 456 g/mol. The lowest BCUT2D eigenvalue weighted by Gasteiger charge is -2.15. The molecule has 0 spiro atoms. The van der Waals surface area contributed by atoms with Crippen LogP contribution in [0.25, 0.3) is 11.0 Å². The summed E-state index contributed by atoms with van der Waals surface area (Å²) < 4.78 is 17.2. The number of benzene rings is 2. The number of hydrogen-bond donors (Lipinski definition) is 0. The minimum Gasteiger partial charge on any atom is -0.457 e. The van der Waals surface area contributed by atoms with E-state index in [0.717, 1.165) is 0 Å². The molecule has 1 atom stereocenters. The van der Waals surface area contributed by atoms with E-state index >= 15 is 0 Å². The summed E-state index contributed by atoms with van der Waals surface area (Å²) in [5.41, 5.74) is 0.462. The highest BCUT2D eigenvalue weighted by atomic mass is 35.5. The molecule has 166 valence electrons. The fourth-order valence-electron chi connectivity index (χ4n) is 3.76. The molecule has 8 heteroatoms. The summed E-state index contributed by atoms with van der Waals surface area (Å²) in [6, 6.07) is 9.92. The van der Waals surface area contributed by atoms with Gasteiger partial charge in [-0.3, -0.25) is 14.4 Å². The number of ether oxygens (including phenoxy) is 2. The zero-order valence-electron chi connectivity index (χ0n) is 17.9. The van der Waals surface area contributed by atoms with Gasteiger partial charge in [0.05, 0.1) is 16.3 Å². The molecule has 2 heterocycles. The summed E-state index contributed by atoms with van der Waals surface area (Å²) in [7, 11) is 0. The molecule has 1 aliphatic rings. The van der Waals surface area contributed by atoms with Crippen LogP contribution < -0.4 is 14.9 Å². The Morgan fingerprint density at radius 2 is 1.91 bits per heavy atom. The number of halogens is 1. The summed E-state index contributed by atoms with van der Waals surface area (Å²) in [6.07, 6.45) is 0.135. The van der Waals surface area contributed by atoms with Crippen molar-refractivity contribution in [2.24, 2.45) is 5.92 Å². The third-order valence-corrected chi connectivity index (χ3v) is 5.88. The van der Waals surface area contributed by atoms with Crippen molar-refractivity contribution < 1.29 is 23.5 Å². The lowest BCUT2D eigenvalue weighted by molar-refractivity contribution is -0.139. The van der Waals surface area contributed by atoms with Gasteiger partial charge in [-0.05, 0) is 45.0 Å². The number of hydrogen-bond acceptors (Lipinski definition) is 6. The monoisotopic (exact) mass is 455 g/mol. The topological polar surface area (TPSA) is 86.1 Å². The molecule has 1 fully saturated rings. The van der Waals surface area contributed by atoms with Crippen LogP contribution in [0.5, 0.6) is 17.2 Å². The Kier molecular flexibility index (Phi) is 5.93. The number of likely N-dealkylation sites (tertiary alicyclic amines) is 1. The van der Waals surface area contributed by atoms with E-state index in [-0.39, 0.29) is 35.0 Å². The van der Waals surface area contributed by atoms with Gasteiger partial charge in [-0.1, -0.05) is 23.7 Å². The molecule has 1 saturated heterocycles. The van der Waals surface area contributed by atoms with Gasteiger partial charge in [0.25, 0.3) is 0 Å². The summed E-state index contributed by atoms with van der Waals surface area (Å²) >= 11 is 6.14. The van der Waals surface area contributed by atoms with E-state index in [1.54, 1.807) is 49.1 Å². The predicted octanol–water partition coefficient (Wildman–Crippen LogP) is 4.63. The first-order valence-corrected chi connectivity index (χ1v) is 10.7. The van der Waals surface area contributed by atoms with E-state index in [1.807, 2.05) is 6.92 Å². The smallest absolute Gasteiger partial charge is 0.316 e. The van der Waals surface area contributed by atoms with E-state index in [2.05, 4.69) is 0 Å². The first-order chi connectivity index (χ1) is 15.3. The van der Waals surface area contributed by atoms with Crippen molar-refractivity contribution in [1.29, 1.82) is 0 Å². The third-order valence-electron chi connectivity index (χ3n) is 5.57. The molecule has 0 aliphatic carbocycles. The van der Waals surface area contributed by atoms with Gasteiger partial charge in [0.2, 0.25) is 17.1 Å². The number of carbonyl (C=O) groups excluding carboxylic acids is 2. The number of para-hydroxylation sites is 1. The van der Waals surface area contributed by atoms with Crippen molar-refractivity contribution in [1.82, 2.24) is 4.90 Å². The number of carbonyl (C=O) groups is 2. The fourth-order valence-corrected chi connectivity index (χ4v) is 3.93.